The molecule has 0 saturated carbocycles. The Balaban J connectivity index is 1.56. The van der Waals surface area contributed by atoms with Gasteiger partial charge in [0.2, 0.25) is 0 Å². The minimum atomic E-state index is -0.445. The van der Waals surface area contributed by atoms with Crippen LogP contribution in [0.4, 0.5) is 15.0 Å². The first-order valence-electron chi connectivity index (χ1n) is 7.38. The molecule has 0 unspecified atom stereocenters. The zero-order valence-corrected chi connectivity index (χ0v) is 12.7. The van der Waals surface area contributed by atoms with Crippen molar-refractivity contribution in [3.63, 3.8) is 0 Å². The van der Waals surface area contributed by atoms with Gasteiger partial charge in [-0.3, -0.25) is 5.32 Å². The number of pyridine rings is 1. The second kappa shape index (κ2) is 6.74. The van der Waals surface area contributed by atoms with Crippen molar-refractivity contribution in [1.29, 1.82) is 0 Å². The van der Waals surface area contributed by atoms with E-state index in [0.29, 0.717) is 18.8 Å². The molecule has 23 heavy (non-hydrogen) atoms. The number of urea groups is 1. The van der Waals surface area contributed by atoms with Crippen LogP contribution in [-0.2, 0) is 11.8 Å². The first-order chi connectivity index (χ1) is 11.1. The molecule has 2 amide bonds. The highest BCUT2D eigenvalue weighted by Crippen LogP contribution is 2.27. The van der Waals surface area contributed by atoms with Crippen molar-refractivity contribution < 1.29 is 13.9 Å². The lowest BCUT2D eigenvalue weighted by molar-refractivity contribution is -0.00151. The fourth-order valence-corrected chi connectivity index (χ4v) is 2.60. The monoisotopic (exact) mass is 319 g/mol. The molecule has 3 heterocycles. The standard InChI is InChI=1S/C15H18FN5O2/c1-21-9-17-8-12(21)13-6-11(4-5-23-13)19-15(22)20-14-3-2-10(16)7-18-14/h2-3,7-9,11,13H,4-6H2,1H3,(H2,18,19,20,22)/t11-,13+/m1/s1. The van der Waals surface area contributed by atoms with Crippen molar-refractivity contribution in [2.45, 2.75) is 25.0 Å². The molecule has 0 radical (unpaired) electrons. The average molecular weight is 319 g/mol. The molecule has 2 atom stereocenters. The lowest BCUT2D eigenvalue weighted by Gasteiger charge is -2.30. The van der Waals surface area contributed by atoms with Crippen molar-refractivity contribution in [2.75, 3.05) is 11.9 Å². The van der Waals surface area contributed by atoms with Crippen molar-refractivity contribution >= 4 is 11.8 Å². The molecule has 0 bridgehead atoms. The number of carbonyl (C=O) groups excluding carboxylic acids is 1. The SMILES string of the molecule is Cn1cncc1[C@@H]1C[C@H](NC(=O)Nc2ccc(F)cn2)CCO1. The molecule has 8 heteroatoms. The second-order valence-corrected chi connectivity index (χ2v) is 5.47. The highest BCUT2D eigenvalue weighted by molar-refractivity contribution is 5.88. The number of halogens is 1. The molecular weight excluding hydrogens is 301 g/mol. The third-order valence-corrected chi connectivity index (χ3v) is 3.77. The van der Waals surface area contributed by atoms with Crippen LogP contribution < -0.4 is 10.6 Å². The third-order valence-electron chi connectivity index (χ3n) is 3.77. The van der Waals surface area contributed by atoms with E-state index in [-0.39, 0.29) is 18.2 Å². The summed E-state index contributed by atoms with van der Waals surface area (Å²) in [5.41, 5.74) is 0.983. The number of aromatic nitrogens is 3. The summed E-state index contributed by atoms with van der Waals surface area (Å²) in [6.45, 7) is 0.565. The van der Waals surface area contributed by atoms with Crippen molar-refractivity contribution in [3.8, 4) is 0 Å². The summed E-state index contributed by atoms with van der Waals surface area (Å²) in [5.74, 6) is -0.140. The molecule has 0 aliphatic carbocycles. The van der Waals surface area contributed by atoms with Crippen molar-refractivity contribution in [3.05, 3.63) is 42.4 Å². The van der Waals surface area contributed by atoms with Crippen LogP contribution in [0.15, 0.2) is 30.9 Å². The van der Waals surface area contributed by atoms with Gasteiger partial charge in [-0.1, -0.05) is 0 Å². The van der Waals surface area contributed by atoms with E-state index in [4.69, 9.17) is 4.74 Å². The Labute approximate surface area is 132 Å². The van der Waals surface area contributed by atoms with Crippen LogP contribution in [0.1, 0.15) is 24.6 Å². The maximum atomic E-state index is 12.8. The second-order valence-electron chi connectivity index (χ2n) is 5.47. The Kier molecular flexibility index (Phi) is 4.52. The van der Waals surface area contributed by atoms with Crippen molar-refractivity contribution in [1.82, 2.24) is 19.9 Å². The van der Waals surface area contributed by atoms with Crippen LogP contribution >= 0.6 is 0 Å². The number of amides is 2. The van der Waals surface area contributed by atoms with Crippen LogP contribution in [0.3, 0.4) is 0 Å². The molecule has 0 spiro atoms. The van der Waals surface area contributed by atoms with Gasteiger partial charge in [-0.25, -0.2) is 19.2 Å². The van der Waals surface area contributed by atoms with Gasteiger partial charge in [-0.2, -0.15) is 0 Å². The quantitative estimate of drug-likeness (QED) is 0.906. The van der Waals surface area contributed by atoms with E-state index in [2.05, 4.69) is 20.6 Å². The van der Waals surface area contributed by atoms with Gasteiger partial charge in [0, 0.05) is 19.7 Å². The summed E-state index contributed by atoms with van der Waals surface area (Å²) in [4.78, 5) is 19.9. The first kappa shape index (κ1) is 15.4. The number of hydrogen-bond donors (Lipinski definition) is 2. The summed E-state index contributed by atoms with van der Waals surface area (Å²) >= 11 is 0. The Hall–Kier alpha value is -2.48. The number of imidazole rings is 1. The maximum Gasteiger partial charge on any atom is 0.320 e. The van der Waals surface area contributed by atoms with Crippen LogP contribution in [0, 0.1) is 5.82 Å². The highest BCUT2D eigenvalue weighted by atomic mass is 19.1. The number of ether oxygens (including phenoxy) is 1. The van der Waals surface area contributed by atoms with E-state index < -0.39 is 5.82 Å². The van der Waals surface area contributed by atoms with E-state index in [9.17, 15) is 9.18 Å². The van der Waals surface area contributed by atoms with Gasteiger partial charge in [0.05, 0.1) is 24.4 Å². The smallest absolute Gasteiger partial charge is 0.320 e. The van der Waals surface area contributed by atoms with E-state index in [1.165, 1.54) is 12.1 Å². The number of hydrogen-bond acceptors (Lipinski definition) is 4. The summed E-state index contributed by atoms with van der Waals surface area (Å²) < 4.78 is 20.5. The predicted molar refractivity (Wildman–Crippen MR) is 81.3 cm³/mol. The summed E-state index contributed by atoms with van der Waals surface area (Å²) in [7, 11) is 1.91. The lowest BCUT2D eigenvalue weighted by Crippen LogP contribution is -2.42. The molecule has 2 N–H and O–H groups in total. The Morgan fingerprint density at radius 1 is 1.43 bits per heavy atom. The molecule has 1 aliphatic heterocycles. The molecule has 2 aromatic heterocycles. The maximum absolute atomic E-state index is 12.8. The van der Waals surface area contributed by atoms with E-state index in [0.717, 1.165) is 18.3 Å². The molecule has 0 aromatic carbocycles. The van der Waals surface area contributed by atoms with Crippen LogP contribution in [-0.4, -0.2) is 33.2 Å². The molecule has 7 nitrogen and oxygen atoms in total. The molecular formula is C15H18FN5O2. The lowest BCUT2D eigenvalue weighted by atomic mass is 10.0. The van der Waals surface area contributed by atoms with Crippen LogP contribution in [0.5, 0.6) is 0 Å². The molecule has 2 aromatic rings. The molecule has 1 aliphatic rings. The van der Waals surface area contributed by atoms with E-state index >= 15 is 0 Å². The van der Waals surface area contributed by atoms with E-state index in [1.54, 1.807) is 12.5 Å². The Morgan fingerprint density at radius 3 is 3.00 bits per heavy atom. The fraction of sp³-hybridized carbons (Fsp3) is 0.400. The molecule has 122 valence electrons. The number of anilines is 1. The number of aryl methyl sites for hydroxylation is 1. The summed E-state index contributed by atoms with van der Waals surface area (Å²) in [6, 6.07) is 2.29. The van der Waals surface area contributed by atoms with E-state index in [1.807, 2.05) is 11.6 Å². The predicted octanol–water partition coefficient (Wildman–Crippen LogP) is 2.00. The third kappa shape index (κ3) is 3.84. The van der Waals surface area contributed by atoms with Gasteiger partial charge < -0.3 is 14.6 Å². The van der Waals surface area contributed by atoms with Crippen molar-refractivity contribution in [2.24, 2.45) is 7.05 Å². The van der Waals surface area contributed by atoms with Gasteiger partial charge in [0.1, 0.15) is 17.7 Å². The molecule has 1 fully saturated rings. The fourth-order valence-electron chi connectivity index (χ4n) is 2.60. The van der Waals surface area contributed by atoms with Gasteiger partial charge in [-0.05, 0) is 25.0 Å². The van der Waals surface area contributed by atoms with Gasteiger partial charge >= 0.3 is 6.03 Å². The summed E-state index contributed by atoms with van der Waals surface area (Å²) in [5, 5.41) is 5.49. The Morgan fingerprint density at radius 2 is 2.30 bits per heavy atom. The van der Waals surface area contributed by atoms with Crippen LogP contribution in [0.25, 0.3) is 0 Å². The minimum absolute atomic E-state index is 0.0101. The van der Waals surface area contributed by atoms with Gasteiger partial charge in [-0.15, -0.1) is 0 Å². The van der Waals surface area contributed by atoms with Gasteiger partial charge in [0.25, 0.3) is 0 Å². The highest BCUT2D eigenvalue weighted by Gasteiger charge is 2.26. The van der Waals surface area contributed by atoms with Crippen LogP contribution in [0.2, 0.25) is 0 Å². The molecule has 1 saturated heterocycles. The zero-order valence-electron chi connectivity index (χ0n) is 12.7. The van der Waals surface area contributed by atoms with Gasteiger partial charge in [0.15, 0.2) is 0 Å². The number of nitrogens with one attached hydrogen (secondary N) is 2. The zero-order chi connectivity index (χ0) is 16.2. The number of rotatable bonds is 3. The first-order valence-corrected chi connectivity index (χ1v) is 7.38. The minimum Gasteiger partial charge on any atom is -0.372 e. The molecule has 3 rings (SSSR count). The Bertz CT molecular complexity index is 673. The normalized spacial score (nSPS) is 21.0. The topological polar surface area (TPSA) is 81.1 Å². The number of carbonyl (C=O) groups is 1. The average Bonchev–Trinajstić information content (AvgIpc) is 2.96. The number of nitrogens with zero attached hydrogens (tertiary/aromatic N) is 3. The largest absolute Gasteiger partial charge is 0.372 e. The summed E-state index contributed by atoms with van der Waals surface area (Å²) in [6.07, 6.45) is 5.87.